The average molecular weight is 184 g/mol. The molecule has 1 aliphatic rings. The van der Waals surface area contributed by atoms with Gasteiger partial charge in [0, 0.05) is 7.11 Å². The third-order valence-electron chi connectivity index (χ3n) is 2.14. The zero-order valence-electron chi connectivity index (χ0n) is 7.70. The molecule has 0 amide bonds. The van der Waals surface area contributed by atoms with Crippen LogP contribution in [0.3, 0.4) is 0 Å². The molecule has 0 radical (unpaired) electrons. The van der Waals surface area contributed by atoms with Crippen LogP contribution in [0.5, 0.6) is 0 Å². The molecule has 0 bridgehead atoms. The maximum Gasteiger partial charge on any atom is 0.348 e. The van der Waals surface area contributed by atoms with E-state index in [-0.39, 0.29) is 0 Å². The highest BCUT2D eigenvalue weighted by Crippen LogP contribution is 2.51. The lowest BCUT2D eigenvalue weighted by Gasteiger charge is -2.09. The molecular weight excluding hydrogens is 172 g/mol. The van der Waals surface area contributed by atoms with Crippen LogP contribution in [-0.4, -0.2) is 31.6 Å². The Bertz CT molecular complexity index is 260. The zero-order chi connectivity index (χ0) is 10.1. The minimum atomic E-state index is -1.22. The molecule has 1 heterocycles. The van der Waals surface area contributed by atoms with Crippen LogP contribution in [0.15, 0.2) is 25.3 Å². The van der Waals surface area contributed by atoms with Gasteiger partial charge in [0.15, 0.2) is 0 Å². The smallest absolute Gasteiger partial charge is 0.348 e. The number of rotatable bonds is 4. The van der Waals surface area contributed by atoms with Crippen LogP contribution in [0.25, 0.3) is 0 Å². The summed E-state index contributed by atoms with van der Waals surface area (Å²) in [4.78, 5) is 11.3. The van der Waals surface area contributed by atoms with Crippen LogP contribution in [0, 0.1) is 0 Å². The summed E-state index contributed by atoms with van der Waals surface area (Å²) in [7, 11) is 2.70. The van der Waals surface area contributed by atoms with Crippen molar-refractivity contribution in [2.24, 2.45) is 0 Å². The second kappa shape index (κ2) is 2.97. The molecule has 0 aromatic carbocycles. The Morgan fingerprint density at radius 2 is 2.00 bits per heavy atom. The van der Waals surface area contributed by atoms with Gasteiger partial charge in [-0.25, -0.2) is 4.79 Å². The van der Waals surface area contributed by atoms with Crippen molar-refractivity contribution in [3.8, 4) is 0 Å². The average Bonchev–Trinajstić information content (AvgIpc) is 2.87. The monoisotopic (exact) mass is 184 g/mol. The van der Waals surface area contributed by atoms with Gasteiger partial charge in [-0.15, -0.1) is 0 Å². The summed E-state index contributed by atoms with van der Waals surface area (Å²) in [6.45, 7) is 7.02. The minimum absolute atomic E-state index is 0.538. The summed E-state index contributed by atoms with van der Waals surface area (Å²) in [5, 5.41) is 0. The Labute approximate surface area is 76.8 Å². The summed E-state index contributed by atoms with van der Waals surface area (Å²) in [5.74, 6) is -1.65. The molecule has 4 heteroatoms. The van der Waals surface area contributed by atoms with Crippen molar-refractivity contribution < 1.29 is 19.0 Å². The number of ether oxygens (including phenoxy) is 3. The molecule has 1 saturated heterocycles. The molecule has 1 fully saturated rings. The molecule has 72 valence electrons. The van der Waals surface area contributed by atoms with Gasteiger partial charge in [0.05, 0.1) is 7.11 Å². The SMILES string of the molecule is C=C[C@]1(OC)O[C@@]1(C=C)C(=O)OC. The highest BCUT2D eigenvalue weighted by Gasteiger charge is 2.74. The van der Waals surface area contributed by atoms with Crippen molar-refractivity contribution in [2.45, 2.75) is 11.4 Å². The molecule has 4 nitrogen and oxygen atoms in total. The normalized spacial score (nSPS) is 36.5. The van der Waals surface area contributed by atoms with E-state index in [0.29, 0.717) is 0 Å². The van der Waals surface area contributed by atoms with Gasteiger partial charge in [-0.2, -0.15) is 0 Å². The first-order valence-electron chi connectivity index (χ1n) is 3.73. The van der Waals surface area contributed by atoms with Crippen molar-refractivity contribution in [3.05, 3.63) is 25.3 Å². The van der Waals surface area contributed by atoms with Crippen LogP contribution in [0.4, 0.5) is 0 Å². The molecule has 0 saturated carbocycles. The van der Waals surface area contributed by atoms with E-state index in [9.17, 15) is 4.79 Å². The Morgan fingerprint density at radius 1 is 1.38 bits per heavy atom. The van der Waals surface area contributed by atoms with Gasteiger partial charge in [-0.1, -0.05) is 13.2 Å². The van der Waals surface area contributed by atoms with Gasteiger partial charge in [0.2, 0.25) is 11.4 Å². The van der Waals surface area contributed by atoms with E-state index in [1.807, 2.05) is 0 Å². The second-order valence-electron chi connectivity index (χ2n) is 2.61. The van der Waals surface area contributed by atoms with Gasteiger partial charge < -0.3 is 14.2 Å². The first-order valence-corrected chi connectivity index (χ1v) is 3.73. The number of hydrogen-bond donors (Lipinski definition) is 0. The van der Waals surface area contributed by atoms with Gasteiger partial charge in [0.25, 0.3) is 0 Å². The summed E-state index contributed by atoms with van der Waals surface area (Å²) in [5.41, 5.74) is -1.22. The van der Waals surface area contributed by atoms with E-state index in [1.54, 1.807) is 0 Å². The molecule has 13 heavy (non-hydrogen) atoms. The van der Waals surface area contributed by atoms with Crippen LogP contribution in [-0.2, 0) is 19.0 Å². The molecular formula is C9H12O4. The van der Waals surface area contributed by atoms with E-state index in [4.69, 9.17) is 9.47 Å². The fourth-order valence-electron chi connectivity index (χ4n) is 1.29. The largest absolute Gasteiger partial charge is 0.466 e. The highest BCUT2D eigenvalue weighted by atomic mass is 16.8. The van der Waals surface area contributed by atoms with E-state index in [0.717, 1.165) is 0 Å². The number of hydrogen-bond acceptors (Lipinski definition) is 4. The number of carbonyl (C=O) groups excluding carboxylic acids is 1. The minimum Gasteiger partial charge on any atom is -0.466 e. The molecule has 0 aromatic heterocycles. The van der Waals surface area contributed by atoms with Crippen LogP contribution >= 0.6 is 0 Å². The number of esters is 1. The topological polar surface area (TPSA) is 48.1 Å². The Kier molecular flexibility index (Phi) is 2.28. The van der Waals surface area contributed by atoms with Gasteiger partial charge >= 0.3 is 5.97 Å². The molecule has 1 rings (SSSR count). The number of carbonyl (C=O) groups is 1. The van der Waals surface area contributed by atoms with Crippen LogP contribution < -0.4 is 0 Å². The summed E-state index contributed by atoms with van der Waals surface area (Å²) in [6, 6.07) is 0. The molecule has 0 aromatic rings. The number of epoxide rings is 1. The maximum atomic E-state index is 11.3. The molecule has 1 aliphatic heterocycles. The fourth-order valence-corrected chi connectivity index (χ4v) is 1.29. The Balaban J connectivity index is 2.96. The molecule has 0 N–H and O–H groups in total. The first kappa shape index (κ1) is 9.95. The van der Waals surface area contributed by atoms with Crippen molar-refractivity contribution in [3.63, 3.8) is 0 Å². The maximum absolute atomic E-state index is 11.3. The molecule has 0 aliphatic carbocycles. The van der Waals surface area contributed by atoms with Gasteiger partial charge in [0.1, 0.15) is 0 Å². The van der Waals surface area contributed by atoms with Gasteiger partial charge in [-0.05, 0) is 12.2 Å². The van der Waals surface area contributed by atoms with E-state index in [2.05, 4.69) is 17.9 Å². The standard InChI is InChI=1S/C9H12O4/c1-5-8(7(10)11-3)9(6-2,12-4)13-8/h5-6H,1-2H2,3-4H3/t8-,9-/m0/s1. The van der Waals surface area contributed by atoms with Crippen molar-refractivity contribution in [2.75, 3.05) is 14.2 Å². The Morgan fingerprint density at radius 3 is 2.23 bits per heavy atom. The van der Waals surface area contributed by atoms with E-state index < -0.39 is 17.4 Å². The van der Waals surface area contributed by atoms with Gasteiger partial charge in [-0.3, -0.25) is 0 Å². The predicted molar refractivity (Wildman–Crippen MR) is 46.0 cm³/mol. The van der Waals surface area contributed by atoms with E-state index >= 15 is 0 Å². The highest BCUT2D eigenvalue weighted by molar-refractivity contribution is 5.87. The summed E-state index contributed by atoms with van der Waals surface area (Å²) >= 11 is 0. The zero-order valence-corrected chi connectivity index (χ0v) is 7.70. The molecule has 0 spiro atoms. The molecule has 0 unspecified atom stereocenters. The summed E-state index contributed by atoms with van der Waals surface area (Å²) < 4.78 is 14.7. The summed E-state index contributed by atoms with van der Waals surface area (Å²) in [6.07, 6.45) is 2.76. The van der Waals surface area contributed by atoms with Crippen molar-refractivity contribution in [1.29, 1.82) is 0 Å². The quantitative estimate of drug-likeness (QED) is 0.365. The van der Waals surface area contributed by atoms with Crippen molar-refractivity contribution >= 4 is 5.97 Å². The lowest BCUT2D eigenvalue weighted by molar-refractivity contribution is -0.145. The molecule has 2 atom stereocenters. The second-order valence-corrected chi connectivity index (χ2v) is 2.61. The van der Waals surface area contributed by atoms with Crippen LogP contribution in [0.2, 0.25) is 0 Å². The lowest BCUT2D eigenvalue weighted by atomic mass is 10.0. The number of methoxy groups -OCH3 is 2. The van der Waals surface area contributed by atoms with Crippen molar-refractivity contribution in [1.82, 2.24) is 0 Å². The third kappa shape index (κ3) is 1.03. The van der Waals surface area contributed by atoms with E-state index in [1.165, 1.54) is 26.4 Å². The third-order valence-corrected chi connectivity index (χ3v) is 2.14. The van der Waals surface area contributed by atoms with Crippen LogP contribution in [0.1, 0.15) is 0 Å². The Hall–Kier alpha value is -1.13. The fraction of sp³-hybridized carbons (Fsp3) is 0.444. The first-order chi connectivity index (χ1) is 6.12. The predicted octanol–water partition coefficient (Wildman–Crippen LogP) is 0.643. The lowest BCUT2D eigenvalue weighted by Crippen LogP contribution is -2.33.